The van der Waals surface area contributed by atoms with Crippen molar-refractivity contribution in [2.75, 3.05) is 26.7 Å². The van der Waals surface area contributed by atoms with Crippen molar-refractivity contribution in [3.8, 4) is 12.3 Å². The first kappa shape index (κ1) is 24.4. The van der Waals surface area contributed by atoms with Crippen molar-refractivity contribution >= 4 is 43.3 Å². The van der Waals surface area contributed by atoms with E-state index in [-0.39, 0.29) is 42.7 Å². The molecule has 2 atom stereocenters. The first-order valence-corrected chi connectivity index (χ1v) is 13.4. The number of hydrogen-bond donors (Lipinski definition) is 3. The van der Waals surface area contributed by atoms with Crippen LogP contribution in [-0.4, -0.2) is 78.5 Å². The maximum Gasteiger partial charge on any atom is 0.310 e. The molecule has 0 radical (unpaired) electrons. The maximum atomic E-state index is 13.5. The SMILES string of the molecule is C#Cc1ccc2cc(S(=O)(=O)N3CCN(C(=O)c4nc5c(o4)CNC(O)C5)C(C(=O)NC)C3)sc2c1. The van der Waals surface area contributed by atoms with Gasteiger partial charge in [-0.2, -0.15) is 4.31 Å². The lowest BCUT2D eigenvalue weighted by molar-refractivity contribution is -0.126. The highest BCUT2D eigenvalue weighted by Crippen LogP contribution is 2.33. The smallest absolute Gasteiger partial charge is 0.310 e. The van der Waals surface area contributed by atoms with Gasteiger partial charge in [-0.25, -0.2) is 13.4 Å². The standard InChI is InChI=1S/C23H23N5O6S2/c1-3-13-4-5-14-9-20(35-18(14)8-13)36(32,33)27-6-7-28(16(12-27)21(30)24-2)23(31)22-26-15-10-19(29)25-11-17(15)34-22/h1,4-5,8-9,16,19,25,29H,6-7,10-12H2,2H3,(H,24,30). The molecule has 188 valence electrons. The van der Waals surface area contributed by atoms with Gasteiger partial charge < -0.3 is 19.7 Å². The Labute approximate surface area is 211 Å². The van der Waals surface area contributed by atoms with Crippen molar-refractivity contribution in [1.29, 1.82) is 0 Å². The number of sulfonamides is 1. The molecule has 0 bridgehead atoms. The number of nitrogens with one attached hydrogen (secondary N) is 2. The summed E-state index contributed by atoms with van der Waals surface area (Å²) in [4.78, 5) is 31.5. The molecule has 0 spiro atoms. The van der Waals surface area contributed by atoms with E-state index in [1.807, 2.05) is 0 Å². The second kappa shape index (κ2) is 9.30. The fourth-order valence-electron chi connectivity index (χ4n) is 4.32. The minimum atomic E-state index is -3.93. The molecule has 2 aliphatic rings. The monoisotopic (exact) mass is 529 g/mol. The first-order chi connectivity index (χ1) is 17.2. The summed E-state index contributed by atoms with van der Waals surface area (Å²) in [7, 11) is -2.51. The Morgan fingerprint density at radius 3 is 2.89 bits per heavy atom. The van der Waals surface area contributed by atoms with Gasteiger partial charge in [0.05, 0.1) is 12.2 Å². The van der Waals surface area contributed by atoms with Crippen LogP contribution in [0.1, 0.15) is 27.7 Å². The fraction of sp³-hybridized carbons (Fsp3) is 0.348. The number of rotatable bonds is 4. The molecule has 0 aliphatic carbocycles. The Morgan fingerprint density at radius 2 is 2.14 bits per heavy atom. The maximum absolute atomic E-state index is 13.5. The fourth-order valence-corrected chi connectivity index (χ4v) is 7.35. The summed E-state index contributed by atoms with van der Waals surface area (Å²) in [6.07, 6.45) is 4.86. The van der Waals surface area contributed by atoms with E-state index in [9.17, 15) is 23.1 Å². The number of carbonyl (C=O) groups is 2. The van der Waals surface area contributed by atoms with Crippen molar-refractivity contribution in [3.63, 3.8) is 0 Å². The average molecular weight is 530 g/mol. The molecule has 3 aromatic rings. The van der Waals surface area contributed by atoms with Gasteiger partial charge in [0.1, 0.15) is 22.2 Å². The van der Waals surface area contributed by atoms with Crippen molar-refractivity contribution in [2.45, 2.75) is 29.4 Å². The zero-order valence-electron chi connectivity index (χ0n) is 19.2. The van der Waals surface area contributed by atoms with E-state index in [2.05, 4.69) is 21.5 Å². The number of piperazine rings is 1. The van der Waals surface area contributed by atoms with Crippen LogP contribution in [-0.2, 0) is 27.8 Å². The highest BCUT2D eigenvalue weighted by Gasteiger charge is 2.42. The molecule has 1 fully saturated rings. The van der Waals surface area contributed by atoms with E-state index >= 15 is 0 Å². The van der Waals surface area contributed by atoms with Crippen molar-refractivity contribution in [1.82, 2.24) is 24.8 Å². The molecule has 3 N–H and O–H groups in total. The molecular weight excluding hydrogens is 506 g/mol. The number of amides is 2. The molecule has 36 heavy (non-hydrogen) atoms. The average Bonchev–Trinajstić information content (AvgIpc) is 3.51. The number of thiophene rings is 1. The van der Waals surface area contributed by atoms with Gasteiger partial charge >= 0.3 is 5.91 Å². The third-order valence-corrected chi connectivity index (χ3v) is 9.67. The van der Waals surface area contributed by atoms with Crippen LogP contribution >= 0.6 is 11.3 Å². The van der Waals surface area contributed by atoms with Gasteiger partial charge in [-0.3, -0.25) is 14.9 Å². The first-order valence-electron chi connectivity index (χ1n) is 11.1. The van der Waals surface area contributed by atoms with Crippen LogP contribution in [0.3, 0.4) is 0 Å². The molecule has 1 saturated heterocycles. The number of terminal acetylenes is 1. The van der Waals surface area contributed by atoms with Crippen LogP contribution in [0.15, 0.2) is 32.9 Å². The van der Waals surface area contributed by atoms with Crippen LogP contribution in [0.2, 0.25) is 0 Å². The van der Waals surface area contributed by atoms with Gasteiger partial charge in [-0.15, -0.1) is 17.8 Å². The second-order valence-electron chi connectivity index (χ2n) is 8.44. The van der Waals surface area contributed by atoms with Crippen LogP contribution < -0.4 is 10.6 Å². The predicted octanol–water partition coefficient (Wildman–Crippen LogP) is 0.0960. The van der Waals surface area contributed by atoms with Crippen LogP contribution in [0, 0.1) is 12.3 Å². The van der Waals surface area contributed by atoms with E-state index in [1.54, 1.807) is 24.3 Å². The Bertz CT molecular complexity index is 1500. The van der Waals surface area contributed by atoms with Crippen LogP contribution in [0.5, 0.6) is 0 Å². The number of aromatic nitrogens is 1. The molecule has 13 heteroatoms. The van der Waals surface area contributed by atoms with E-state index in [0.717, 1.165) is 21.4 Å². The lowest BCUT2D eigenvalue weighted by Gasteiger charge is -2.38. The number of aliphatic hydroxyl groups excluding tert-OH is 1. The lowest BCUT2D eigenvalue weighted by atomic mass is 10.1. The van der Waals surface area contributed by atoms with E-state index < -0.39 is 34.1 Å². The van der Waals surface area contributed by atoms with Crippen molar-refractivity contribution < 1.29 is 27.5 Å². The van der Waals surface area contributed by atoms with Gasteiger partial charge in [-0.1, -0.05) is 12.0 Å². The molecule has 1 aromatic carbocycles. The number of oxazole rings is 1. The number of carbonyl (C=O) groups excluding carboxylic acids is 2. The van der Waals surface area contributed by atoms with Crippen molar-refractivity contribution in [2.24, 2.45) is 0 Å². The Kier molecular flexibility index (Phi) is 6.31. The molecule has 2 aromatic heterocycles. The largest absolute Gasteiger partial charge is 0.436 e. The topological polar surface area (TPSA) is 145 Å². The molecule has 2 unspecified atom stereocenters. The number of fused-ring (bicyclic) bond motifs is 2. The minimum Gasteiger partial charge on any atom is -0.436 e. The van der Waals surface area contributed by atoms with Gasteiger partial charge in [0, 0.05) is 43.4 Å². The number of likely N-dealkylation sites (N-methyl/N-ethyl adjacent to an activating group) is 1. The number of hydrogen-bond acceptors (Lipinski definition) is 9. The summed E-state index contributed by atoms with van der Waals surface area (Å²) in [6, 6.07) is 5.78. The Balaban J connectivity index is 1.40. The summed E-state index contributed by atoms with van der Waals surface area (Å²) in [5, 5.41) is 15.8. The van der Waals surface area contributed by atoms with Gasteiger partial charge in [-0.05, 0) is 23.6 Å². The lowest BCUT2D eigenvalue weighted by Crippen LogP contribution is -2.61. The Morgan fingerprint density at radius 1 is 1.33 bits per heavy atom. The molecular formula is C23H23N5O6S2. The summed E-state index contributed by atoms with van der Waals surface area (Å²) in [5.41, 5.74) is 1.12. The summed E-state index contributed by atoms with van der Waals surface area (Å²) < 4.78 is 34.6. The second-order valence-corrected chi connectivity index (χ2v) is 11.7. The predicted molar refractivity (Wildman–Crippen MR) is 130 cm³/mol. The van der Waals surface area contributed by atoms with Crippen molar-refractivity contribution in [3.05, 3.63) is 47.2 Å². The van der Waals surface area contributed by atoms with E-state index in [1.165, 1.54) is 16.3 Å². The zero-order valence-corrected chi connectivity index (χ0v) is 20.9. The summed E-state index contributed by atoms with van der Waals surface area (Å²) in [5.74, 6) is 1.66. The molecule has 2 aliphatic heterocycles. The molecule has 2 amide bonds. The molecule has 4 heterocycles. The van der Waals surface area contributed by atoms with Crippen LogP contribution in [0.25, 0.3) is 10.1 Å². The number of aliphatic hydroxyl groups is 1. The van der Waals surface area contributed by atoms with E-state index in [0.29, 0.717) is 17.0 Å². The normalized spacial score (nSPS) is 20.6. The quantitative estimate of drug-likeness (QED) is 0.404. The van der Waals surface area contributed by atoms with Crippen LogP contribution in [0.4, 0.5) is 0 Å². The molecule has 5 rings (SSSR count). The highest BCUT2D eigenvalue weighted by molar-refractivity contribution is 7.91. The van der Waals surface area contributed by atoms with Gasteiger partial charge in [0.25, 0.3) is 15.9 Å². The summed E-state index contributed by atoms with van der Waals surface area (Å²) in [6.45, 7) is -0.0414. The highest BCUT2D eigenvalue weighted by atomic mass is 32.2. The number of nitrogens with zero attached hydrogens (tertiary/aromatic N) is 3. The third kappa shape index (κ3) is 4.27. The Hall–Kier alpha value is -3.28. The molecule has 11 nitrogen and oxygen atoms in total. The number of benzene rings is 1. The molecule has 0 saturated carbocycles. The minimum absolute atomic E-state index is 0.00783. The van der Waals surface area contributed by atoms with E-state index in [4.69, 9.17) is 10.8 Å². The van der Waals surface area contributed by atoms with Gasteiger partial charge in [0.2, 0.25) is 5.91 Å². The zero-order chi connectivity index (χ0) is 25.6. The third-order valence-electron chi connectivity index (χ3n) is 6.26. The van der Waals surface area contributed by atoms with Gasteiger partial charge in [0.15, 0.2) is 0 Å². The summed E-state index contributed by atoms with van der Waals surface area (Å²) >= 11 is 1.10.